The molecule has 3 atom stereocenters. The van der Waals surface area contributed by atoms with Crippen LogP contribution in [0.15, 0.2) is 6.07 Å². The Morgan fingerprint density at radius 3 is 2.71 bits per heavy atom. The molecule has 1 fully saturated rings. The minimum Gasteiger partial charge on any atom is -0.309 e. The molecule has 2 heteroatoms. The summed E-state index contributed by atoms with van der Waals surface area (Å²) in [4.78, 5) is 3.34. The lowest BCUT2D eigenvalue weighted by Gasteiger charge is -2.37. The fourth-order valence-corrected chi connectivity index (χ4v) is 5.94. The van der Waals surface area contributed by atoms with Gasteiger partial charge in [0, 0.05) is 15.8 Å². The van der Waals surface area contributed by atoms with E-state index in [1.165, 1.54) is 57.8 Å². The van der Waals surface area contributed by atoms with Crippen LogP contribution in [0, 0.1) is 11.8 Å². The van der Waals surface area contributed by atoms with E-state index in [0.717, 1.165) is 18.4 Å². The van der Waals surface area contributed by atoms with E-state index in [1.807, 2.05) is 0 Å². The highest BCUT2D eigenvalue weighted by molar-refractivity contribution is 7.12. The van der Waals surface area contributed by atoms with Crippen LogP contribution in [0.4, 0.5) is 0 Å². The Balaban J connectivity index is 1.84. The quantitative estimate of drug-likeness (QED) is 0.758. The van der Waals surface area contributed by atoms with Gasteiger partial charge < -0.3 is 5.32 Å². The summed E-state index contributed by atoms with van der Waals surface area (Å²) in [5.41, 5.74) is 1.67. The van der Waals surface area contributed by atoms with Crippen LogP contribution in [0.5, 0.6) is 0 Å². The molecule has 0 radical (unpaired) electrons. The predicted octanol–water partition coefficient (Wildman–Crippen LogP) is 5.49. The number of nitrogens with one attached hydrogen (secondary N) is 1. The van der Waals surface area contributed by atoms with Crippen LogP contribution in [0.1, 0.15) is 80.2 Å². The summed E-state index contributed by atoms with van der Waals surface area (Å²) in [6.45, 7) is 5.76. The van der Waals surface area contributed by atoms with Crippen LogP contribution in [-0.4, -0.2) is 6.54 Å². The maximum Gasteiger partial charge on any atom is 0.0446 e. The maximum absolute atomic E-state index is 3.85. The maximum atomic E-state index is 3.85. The van der Waals surface area contributed by atoms with Crippen LogP contribution in [-0.2, 0) is 12.8 Å². The third kappa shape index (κ3) is 3.37. The molecule has 3 rings (SSSR count). The summed E-state index contributed by atoms with van der Waals surface area (Å²) in [6.07, 6.45) is 12.6. The Labute approximate surface area is 134 Å². The van der Waals surface area contributed by atoms with E-state index in [9.17, 15) is 0 Å². The molecular weight excluding hydrogens is 274 g/mol. The van der Waals surface area contributed by atoms with Crippen molar-refractivity contribution >= 4 is 11.3 Å². The molecule has 1 saturated carbocycles. The van der Waals surface area contributed by atoms with Crippen LogP contribution < -0.4 is 5.32 Å². The van der Waals surface area contributed by atoms with Crippen LogP contribution in [0.25, 0.3) is 0 Å². The number of thiophene rings is 1. The van der Waals surface area contributed by atoms with Gasteiger partial charge in [-0.05, 0) is 62.1 Å². The third-order valence-corrected chi connectivity index (χ3v) is 6.99. The van der Waals surface area contributed by atoms with Crippen LogP contribution in [0.2, 0.25) is 0 Å². The van der Waals surface area contributed by atoms with E-state index in [-0.39, 0.29) is 0 Å². The summed E-state index contributed by atoms with van der Waals surface area (Å²) in [7, 11) is 0. The zero-order valence-electron chi connectivity index (χ0n) is 13.8. The molecule has 2 aliphatic rings. The Hall–Kier alpha value is -0.340. The first-order valence-electron chi connectivity index (χ1n) is 9.18. The molecule has 0 amide bonds. The third-order valence-electron chi connectivity index (χ3n) is 5.67. The van der Waals surface area contributed by atoms with Crippen molar-refractivity contribution in [3.63, 3.8) is 0 Å². The summed E-state index contributed by atoms with van der Waals surface area (Å²) in [6, 6.07) is 3.18. The molecule has 0 aromatic carbocycles. The molecule has 0 saturated heterocycles. The second kappa shape index (κ2) is 7.28. The van der Waals surface area contributed by atoms with Crippen molar-refractivity contribution in [3.05, 3.63) is 21.4 Å². The van der Waals surface area contributed by atoms with E-state index in [2.05, 4.69) is 36.6 Å². The van der Waals surface area contributed by atoms with Gasteiger partial charge in [-0.25, -0.2) is 0 Å². The highest BCUT2D eigenvalue weighted by atomic mass is 32.1. The first-order chi connectivity index (χ1) is 10.3. The highest BCUT2D eigenvalue weighted by Gasteiger charge is 2.32. The van der Waals surface area contributed by atoms with E-state index in [0.29, 0.717) is 6.04 Å². The lowest BCUT2D eigenvalue weighted by atomic mass is 9.73. The minimum atomic E-state index is 0.621. The van der Waals surface area contributed by atoms with E-state index in [4.69, 9.17) is 0 Å². The highest BCUT2D eigenvalue weighted by Crippen LogP contribution is 2.43. The van der Waals surface area contributed by atoms with Gasteiger partial charge in [0.15, 0.2) is 0 Å². The molecule has 1 heterocycles. The smallest absolute Gasteiger partial charge is 0.0446 e. The fourth-order valence-electron chi connectivity index (χ4n) is 4.53. The second-order valence-electron chi connectivity index (χ2n) is 6.96. The Morgan fingerprint density at radius 1 is 1.14 bits per heavy atom. The average molecular weight is 306 g/mol. The van der Waals surface area contributed by atoms with Crippen molar-refractivity contribution in [2.75, 3.05) is 6.54 Å². The molecule has 3 unspecified atom stereocenters. The van der Waals surface area contributed by atoms with Crippen molar-refractivity contribution in [2.45, 2.75) is 77.7 Å². The molecule has 1 aromatic rings. The van der Waals surface area contributed by atoms with E-state index in [1.54, 1.807) is 15.3 Å². The van der Waals surface area contributed by atoms with Gasteiger partial charge in [-0.15, -0.1) is 11.3 Å². The standard InChI is InChI=1S/C19H31NS/c1-3-14-9-5-7-11-16(14)19(20-4-2)18-13-15-10-6-8-12-17(15)21-18/h13-14,16,19-20H,3-12H2,1-2H3. The zero-order valence-corrected chi connectivity index (χ0v) is 14.6. The molecular formula is C19H31NS. The van der Waals surface area contributed by atoms with Crippen LogP contribution >= 0.6 is 11.3 Å². The summed E-state index contributed by atoms with van der Waals surface area (Å²) in [5, 5.41) is 3.85. The Kier molecular flexibility index (Phi) is 5.39. The molecule has 118 valence electrons. The van der Waals surface area contributed by atoms with Crippen molar-refractivity contribution in [3.8, 4) is 0 Å². The predicted molar refractivity (Wildman–Crippen MR) is 93.1 cm³/mol. The van der Waals surface area contributed by atoms with Gasteiger partial charge in [-0.3, -0.25) is 0 Å². The Bertz CT molecular complexity index is 427. The van der Waals surface area contributed by atoms with Crippen molar-refractivity contribution in [1.82, 2.24) is 5.32 Å². The normalized spacial score (nSPS) is 27.3. The first-order valence-corrected chi connectivity index (χ1v) is 10.00. The summed E-state index contributed by atoms with van der Waals surface area (Å²) < 4.78 is 0. The number of aryl methyl sites for hydroxylation is 2. The topological polar surface area (TPSA) is 12.0 Å². The van der Waals surface area contributed by atoms with Gasteiger partial charge in [-0.2, -0.15) is 0 Å². The number of hydrogen-bond donors (Lipinski definition) is 1. The molecule has 0 aliphatic heterocycles. The van der Waals surface area contributed by atoms with Gasteiger partial charge >= 0.3 is 0 Å². The molecule has 1 aromatic heterocycles. The minimum absolute atomic E-state index is 0.621. The van der Waals surface area contributed by atoms with Crippen molar-refractivity contribution < 1.29 is 0 Å². The summed E-state index contributed by atoms with van der Waals surface area (Å²) >= 11 is 2.13. The lowest BCUT2D eigenvalue weighted by Crippen LogP contribution is -2.34. The van der Waals surface area contributed by atoms with Crippen molar-refractivity contribution in [1.29, 1.82) is 0 Å². The van der Waals surface area contributed by atoms with Gasteiger partial charge in [0.05, 0.1) is 0 Å². The van der Waals surface area contributed by atoms with Crippen molar-refractivity contribution in [2.24, 2.45) is 11.8 Å². The number of fused-ring (bicyclic) bond motifs is 1. The SMILES string of the molecule is CCNC(c1cc2c(s1)CCCC2)C1CCCCC1CC. The number of hydrogen-bond acceptors (Lipinski definition) is 2. The molecule has 2 aliphatic carbocycles. The number of rotatable bonds is 5. The lowest BCUT2D eigenvalue weighted by molar-refractivity contribution is 0.178. The molecule has 1 N–H and O–H groups in total. The van der Waals surface area contributed by atoms with Gasteiger partial charge in [0.2, 0.25) is 0 Å². The van der Waals surface area contributed by atoms with Gasteiger partial charge in [-0.1, -0.05) is 39.5 Å². The molecule has 0 spiro atoms. The zero-order chi connectivity index (χ0) is 14.7. The van der Waals surface area contributed by atoms with E-state index < -0.39 is 0 Å². The molecule has 0 bridgehead atoms. The largest absolute Gasteiger partial charge is 0.309 e. The molecule has 21 heavy (non-hydrogen) atoms. The van der Waals surface area contributed by atoms with Crippen LogP contribution in [0.3, 0.4) is 0 Å². The van der Waals surface area contributed by atoms with E-state index >= 15 is 0 Å². The molecule has 1 nitrogen and oxygen atoms in total. The van der Waals surface area contributed by atoms with Gasteiger partial charge in [0.25, 0.3) is 0 Å². The monoisotopic (exact) mass is 305 g/mol. The average Bonchev–Trinajstić information content (AvgIpc) is 2.96. The van der Waals surface area contributed by atoms with Gasteiger partial charge in [0.1, 0.15) is 0 Å². The fraction of sp³-hybridized carbons (Fsp3) is 0.789. The second-order valence-corrected chi connectivity index (χ2v) is 8.12. The first kappa shape index (κ1) is 15.6. The Morgan fingerprint density at radius 2 is 1.95 bits per heavy atom. The summed E-state index contributed by atoms with van der Waals surface area (Å²) in [5.74, 6) is 1.80.